The summed E-state index contributed by atoms with van der Waals surface area (Å²) >= 11 is 5.82. The summed E-state index contributed by atoms with van der Waals surface area (Å²) in [4.78, 5) is 0. The van der Waals surface area contributed by atoms with Crippen LogP contribution in [0.15, 0.2) is 22.7 Å². The van der Waals surface area contributed by atoms with Gasteiger partial charge in [-0.3, -0.25) is 0 Å². The maximum atomic E-state index is 5.76. The summed E-state index contributed by atoms with van der Waals surface area (Å²) in [6, 6.07) is 6.60. The highest BCUT2D eigenvalue weighted by atomic mass is 127. The maximum Gasteiger partial charge on any atom is 0.0698 e. The largest absolute Gasteiger partial charge is 0.315 e. The molecule has 1 aliphatic rings. The number of halogens is 2. The molecule has 3 nitrogen and oxygen atoms in total. The lowest BCUT2D eigenvalue weighted by atomic mass is 10.1. The molecule has 2 rings (SSSR count). The van der Waals surface area contributed by atoms with Crippen LogP contribution >= 0.6 is 38.5 Å². The standard InChI is InChI=1S/C9H11BrIN3/c10-5-1-2-7(11)6(3-5)8-4-9(12)14-13-8/h1-3,8-9,13-14H,4,12H2. The molecule has 0 aliphatic carbocycles. The highest BCUT2D eigenvalue weighted by Gasteiger charge is 2.23. The minimum atomic E-state index is 0.0507. The van der Waals surface area contributed by atoms with Crippen LogP contribution in [-0.4, -0.2) is 6.17 Å². The molecule has 76 valence electrons. The van der Waals surface area contributed by atoms with Crippen molar-refractivity contribution in [1.29, 1.82) is 0 Å². The van der Waals surface area contributed by atoms with Gasteiger partial charge in [0.25, 0.3) is 0 Å². The van der Waals surface area contributed by atoms with E-state index in [0.29, 0.717) is 6.04 Å². The zero-order chi connectivity index (χ0) is 10.1. The minimum absolute atomic E-state index is 0.0507. The number of hydrogen-bond acceptors (Lipinski definition) is 3. The van der Waals surface area contributed by atoms with E-state index in [-0.39, 0.29) is 6.17 Å². The molecule has 0 saturated carbocycles. The lowest BCUT2D eigenvalue weighted by molar-refractivity contribution is 0.551. The number of hydrazine groups is 1. The second kappa shape index (κ2) is 4.44. The molecule has 0 bridgehead atoms. The van der Waals surface area contributed by atoms with E-state index >= 15 is 0 Å². The first-order valence-corrected chi connectivity index (χ1v) is 6.25. The van der Waals surface area contributed by atoms with Crippen LogP contribution in [0.3, 0.4) is 0 Å². The van der Waals surface area contributed by atoms with E-state index in [9.17, 15) is 0 Å². The second-order valence-electron chi connectivity index (χ2n) is 3.35. The Balaban J connectivity index is 2.27. The molecular weight excluding hydrogens is 357 g/mol. The molecule has 1 aliphatic heterocycles. The van der Waals surface area contributed by atoms with Crippen molar-refractivity contribution in [2.45, 2.75) is 18.6 Å². The predicted octanol–water partition coefficient (Wildman–Crippen LogP) is 1.88. The Morgan fingerprint density at radius 1 is 1.43 bits per heavy atom. The summed E-state index contributed by atoms with van der Waals surface area (Å²) in [6.07, 6.45) is 0.974. The Kier molecular flexibility index (Phi) is 3.43. The number of hydrogen-bond donors (Lipinski definition) is 3. The maximum absolute atomic E-state index is 5.76. The smallest absolute Gasteiger partial charge is 0.0698 e. The van der Waals surface area contributed by atoms with Gasteiger partial charge in [-0.2, -0.15) is 0 Å². The van der Waals surface area contributed by atoms with Crippen molar-refractivity contribution < 1.29 is 0 Å². The normalized spacial score (nSPS) is 26.8. The molecule has 1 saturated heterocycles. The quantitative estimate of drug-likeness (QED) is 0.664. The van der Waals surface area contributed by atoms with Crippen LogP contribution in [0.5, 0.6) is 0 Å². The molecule has 1 aromatic carbocycles. The number of rotatable bonds is 1. The van der Waals surface area contributed by atoms with E-state index in [1.165, 1.54) is 9.13 Å². The average molecular weight is 368 g/mol. The summed E-state index contributed by atoms with van der Waals surface area (Å²) in [5.41, 5.74) is 13.3. The molecule has 0 aromatic heterocycles. The number of nitrogens with one attached hydrogen (secondary N) is 2. The molecular formula is C9H11BrIN3. The fraction of sp³-hybridized carbons (Fsp3) is 0.333. The van der Waals surface area contributed by atoms with Crippen LogP contribution in [0.1, 0.15) is 18.0 Å². The van der Waals surface area contributed by atoms with Gasteiger partial charge in [0.15, 0.2) is 0 Å². The van der Waals surface area contributed by atoms with Gasteiger partial charge in [0, 0.05) is 8.04 Å². The second-order valence-corrected chi connectivity index (χ2v) is 5.43. The van der Waals surface area contributed by atoms with Gasteiger partial charge in [-0.25, -0.2) is 10.9 Å². The van der Waals surface area contributed by atoms with Crippen LogP contribution in [0.4, 0.5) is 0 Å². The predicted molar refractivity (Wildman–Crippen MR) is 68.5 cm³/mol. The minimum Gasteiger partial charge on any atom is -0.315 e. The monoisotopic (exact) mass is 367 g/mol. The Morgan fingerprint density at radius 3 is 2.86 bits per heavy atom. The Morgan fingerprint density at radius 2 is 2.21 bits per heavy atom. The van der Waals surface area contributed by atoms with Crippen molar-refractivity contribution in [1.82, 2.24) is 10.9 Å². The molecule has 1 fully saturated rings. The van der Waals surface area contributed by atoms with Crippen LogP contribution in [0.2, 0.25) is 0 Å². The van der Waals surface area contributed by atoms with Crippen molar-refractivity contribution in [3.8, 4) is 0 Å². The zero-order valence-electron chi connectivity index (χ0n) is 7.43. The first-order valence-electron chi connectivity index (χ1n) is 4.38. The molecule has 2 unspecified atom stereocenters. The Bertz CT molecular complexity index is 345. The van der Waals surface area contributed by atoms with Crippen molar-refractivity contribution in [2.24, 2.45) is 5.73 Å². The first kappa shape index (κ1) is 10.8. The van der Waals surface area contributed by atoms with Crippen molar-refractivity contribution in [3.05, 3.63) is 31.8 Å². The van der Waals surface area contributed by atoms with E-state index in [0.717, 1.165) is 10.9 Å². The van der Waals surface area contributed by atoms with Gasteiger partial charge in [0.1, 0.15) is 0 Å². The number of nitrogens with two attached hydrogens (primary N) is 1. The van der Waals surface area contributed by atoms with Crippen molar-refractivity contribution in [2.75, 3.05) is 0 Å². The van der Waals surface area contributed by atoms with E-state index in [2.05, 4.69) is 61.5 Å². The molecule has 2 atom stereocenters. The highest BCUT2D eigenvalue weighted by molar-refractivity contribution is 14.1. The van der Waals surface area contributed by atoms with Gasteiger partial charge in [-0.05, 0) is 52.8 Å². The molecule has 1 aromatic rings. The average Bonchev–Trinajstić information content (AvgIpc) is 2.56. The lowest BCUT2D eigenvalue weighted by Gasteiger charge is -2.12. The fourth-order valence-corrected chi connectivity index (χ4v) is 2.66. The van der Waals surface area contributed by atoms with E-state index < -0.39 is 0 Å². The summed E-state index contributed by atoms with van der Waals surface area (Å²) < 4.78 is 2.37. The topological polar surface area (TPSA) is 50.1 Å². The first-order chi connectivity index (χ1) is 6.66. The summed E-state index contributed by atoms with van der Waals surface area (Å²) in [7, 11) is 0. The lowest BCUT2D eigenvalue weighted by Crippen LogP contribution is -2.36. The molecule has 14 heavy (non-hydrogen) atoms. The van der Waals surface area contributed by atoms with Gasteiger partial charge < -0.3 is 5.73 Å². The number of benzene rings is 1. The van der Waals surface area contributed by atoms with Crippen LogP contribution in [0.25, 0.3) is 0 Å². The SMILES string of the molecule is NC1CC(c2cc(Br)ccc2I)NN1. The van der Waals surface area contributed by atoms with Gasteiger partial charge in [0.2, 0.25) is 0 Å². The third-order valence-corrected chi connectivity index (χ3v) is 3.74. The van der Waals surface area contributed by atoms with Gasteiger partial charge in [0.05, 0.1) is 12.2 Å². The summed E-state index contributed by atoms with van der Waals surface area (Å²) in [5, 5.41) is 0. The fourth-order valence-electron chi connectivity index (χ4n) is 1.57. The van der Waals surface area contributed by atoms with Crippen LogP contribution in [-0.2, 0) is 0 Å². The molecule has 0 spiro atoms. The molecule has 5 heteroatoms. The van der Waals surface area contributed by atoms with Gasteiger partial charge >= 0.3 is 0 Å². The molecule has 0 amide bonds. The molecule has 0 radical (unpaired) electrons. The van der Waals surface area contributed by atoms with Crippen LogP contribution < -0.4 is 16.6 Å². The summed E-state index contributed by atoms with van der Waals surface area (Å²) in [6.45, 7) is 0. The highest BCUT2D eigenvalue weighted by Crippen LogP contribution is 2.27. The van der Waals surface area contributed by atoms with E-state index in [1.807, 2.05) is 6.07 Å². The summed E-state index contributed by atoms with van der Waals surface area (Å²) in [5.74, 6) is 0. The zero-order valence-corrected chi connectivity index (χ0v) is 11.2. The molecule has 4 N–H and O–H groups in total. The van der Waals surface area contributed by atoms with Gasteiger partial charge in [-0.1, -0.05) is 15.9 Å². The van der Waals surface area contributed by atoms with E-state index in [1.54, 1.807) is 0 Å². The van der Waals surface area contributed by atoms with Gasteiger partial charge in [-0.15, -0.1) is 0 Å². The third kappa shape index (κ3) is 2.27. The Hall–Kier alpha value is 0.310. The molecule has 1 heterocycles. The van der Waals surface area contributed by atoms with Crippen molar-refractivity contribution in [3.63, 3.8) is 0 Å². The third-order valence-electron chi connectivity index (χ3n) is 2.27. The van der Waals surface area contributed by atoms with Crippen LogP contribution in [0, 0.1) is 3.57 Å². The van der Waals surface area contributed by atoms with Crippen molar-refractivity contribution >= 4 is 38.5 Å². The Labute approximate surface area is 105 Å². The van der Waals surface area contributed by atoms with E-state index in [4.69, 9.17) is 5.73 Å².